The second-order valence-electron chi connectivity index (χ2n) is 6.32. The van der Waals surface area contributed by atoms with Gasteiger partial charge in [-0.3, -0.25) is 4.79 Å². The number of Topliss-reactive ketones (excluding diaryl/α,β-unsaturated/α-hetero) is 1. The third kappa shape index (κ3) is 3.84. The number of benzene rings is 2. The molecule has 6 nitrogen and oxygen atoms in total. The first-order valence-electron chi connectivity index (χ1n) is 8.25. The van der Waals surface area contributed by atoms with Crippen molar-refractivity contribution in [3.8, 4) is 0 Å². The molecule has 3 rings (SSSR count). The Labute approximate surface area is 152 Å². The number of hydrogen-bond acceptors (Lipinski definition) is 5. The molecule has 0 spiro atoms. The molecule has 2 aromatic carbocycles. The third-order valence-corrected chi connectivity index (χ3v) is 5.38. The van der Waals surface area contributed by atoms with Crippen LogP contribution >= 0.6 is 0 Å². The highest BCUT2D eigenvalue weighted by Gasteiger charge is 2.22. The lowest BCUT2D eigenvalue weighted by Crippen LogP contribution is -2.24. The summed E-state index contributed by atoms with van der Waals surface area (Å²) in [5.74, 6) is -0.970. The van der Waals surface area contributed by atoms with Gasteiger partial charge in [-0.2, -0.15) is 0 Å². The normalized spacial score (nSPS) is 14.5. The van der Waals surface area contributed by atoms with Gasteiger partial charge in [0.15, 0.2) is 6.10 Å². The molecule has 2 aromatic rings. The van der Waals surface area contributed by atoms with E-state index in [-0.39, 0.29) is 16.2 Å². The molecule has 0 heterocycles. The van der Waals surface area contributed by atoms with Crippen LogP contribution < -0.4 is 5.14 Å². The molecule has 0 fully saturated rings. The van der Waals surface area contributed by atoms with Gasteiger partial charge in [0.1, 0.15) is 0 Å². The second-order valence-corrected chi connectivity index (χ2v) is 7.88. The number of sulfonamides is 1. The molecule has 2 N–H and O–H groups in total. The van der Waals surface area contributed by atoms with Crippen molar-refractivity contribution in [2.24, 2.45) is 5.14 Å². The Morgan fingerprint density at radius 2 is 1.62 bits per heavy atom. The van der Waals surface area contributed by atoms with E-state index in [9.17, 15) is 18.0 Å². The third-order valence-electron chi connectivity index (χ3n) is 4.45. The molecule has 0 amide bonds. The fourth-order valence-electron chi connectivity index (χ4n) is 3.02. The van der Waals surface area contributed by atoms with Crippen LogP contribution in [0.4, 0.5) is 0 Å². The zero-order chi connectivity index (χ0) is 18.9. The predicted molar refractivity (Wildman–Crippen MR) is 95.5 cm³/mol. The second kappa shape index (κ2) is 7.01. The maximum Gasteiger partial charge on any atom is 0.338 e. The van der Waals surface area contributed by atoms with Crippen molar-refractivity contribution < 1.29 is 22.7 Å². The molecular formula is C19H19NO5S. The number of aryl methyl sites for hydroxylation is 2. The van der Waals surface area contributed by atoms with Crippen molar-refractivity contribution in [3.05, 3.63) is 64.7 Å². The molecule has 0 radical (unpaired) electrons. The fraction of sp³-hybridized carbons (Fsp3) is 0.263. The standard InChI is InChI=1S/C19H19NO5S/c1-12(18(21)16-6-5-13-3-2-4-15(13)11-16)25-19(22)14-7-9-17(10-8-14)26(20,23)24/h5-12H,2-4H2,1H3,(H2,20,23,24)/t12-/m0/s1. The number of carbonyl (C=O) groups is 2. The van der Waals surface area contributed by atoms with Gasteiger partial charge in [0.05, 0.1) is 10.5 Å². The van der Waals surface area contributed by atoms with Gasteiger partial charge in [-0.1, -0.05) is 12.1 Å². The number of ether oxygens (including phenoxy) is 1. The van der Waals surface area contributed by atoms with Gasteiger partial charge in [0.2, 0.25) is 15.8 Å². The molecule has 0 saturated heterocycles. The first-order valence-corrected chi connectivity index (χ1v) is 9.80. The van der Waals surface area contributed by atoms with Crippen LogP contribution in [-0.2, 0) is 27.6 Å². The van der Waals surface area contributed by atoms with Gasteiger partial charge >= 0.3 is 5.97 Å². The lowest BCUT2D eigenvalue weighted by atomic mass is 10.0. The van der Waals surface area contributed by atoms with Crippen LogP contribution in [0.15, 0.2) is 47.4 Å². The van der Waals surface area contributed by atoms with Crippen LogP contribution in [0.1, 0.15) is 45.2 Å². The Hall–Kier alpha value is -2.51. The summed E-state index contributed by atoms with van der Waals surface area (Å²) in [7, 11) is -3.83. The summed E-state index contributed by atoms with van der Waals surface area (Å²) in [4.78, 5) is 24.6. The number of rotatable bonds is 5. The summed E-state index contributed by atoms with van der Waals surface area (Å²) >= 11 is 0. The van der Waals surface area contributed by atoms with E-state index >= 15 is 0 Å². The molecule has 0 bridgehead atoms. The number of carbonyl (C=O) groups excluding carboxylic acids is 2. The van der Waals surface area contributed by atoms with Crippen molar-refractivity contribution in [1.82, 2.24) is 0 Å². The lowest BCUT2D eigenvalue weighted by molar-refractivity contribution is 0.0318. The van der Waals surface area contributed by atoms with Crippen molar-refractivity contribution >= 4 is 21.8 Å². The highest BCUT2D eigenvalue weighted by molar-refractivity contribution is 7.89. The quantitative estimate of drug-likeness (QED) is 0.639. The SMILES string of the molecule is C[C@H](OC(=O)c1ccc(S(N)(=O)=O)cc1)C(=O)c1ccc2c(c1)CCC2. The van der Waals surface area contributed by atoms with Crippen LogP contribution in [0.25, 0.3) is 0 Å². The summed E-state index contributed by atoms with van der Waals surface area (Å²) in [5, 5.41) is 5.02. The summed E-state index contributed by atoms with van der Waals surface area (Å²) in [6.07, 6.45) is 2.13. The summed E-state index contributed by atoms with van der Waals surface area (Å²) in [6, 6.07) is 10.6. The van der Waals surface area contributed by atoms with E-state index in [1.165, 1.54) is 42.3 Å². The molecule has 1 atom stereocenters. The smallest absolute Gasteiger partial charge is 0.338 e. The van der Waals surface area contributed by atoms with E-state index in [4.69, 9.17) is 9.88 Å². The van der Waals surface area contributed by atoms with Gasteiger partial charge in [-0.25, -0.2) is 18.4 Å². The maximum absolute atomic E-state index is 12.5. The van der Waals surface area contributed by atoms with Crippen LogP contribution in [-0.4, -0.2) is 26.3 Å². The number of nitrogens with two attached hydrogens (primary N) is 1. The number of primary sulfonamides is 1. The van der Waals surface area contributed by atoms with Crippen LogP contribution in [0.2, 0.25) is 0 Å². The summed E-state index contributed by atoms with van der Waals surface area (Å²) in [5.41, 5.74) is 3.11. The fourth-order valence-corrected chi connectivity index (χ4v) is 3.54. The number of ketones is 1. The van der Waals surface area contributed by atoms with Crippen LogP contribution in [0.5, 0.6) is 0 Å². The van der Waals surface area contributed by atoms with Gasteiger partial charge in [0.25, 0.3) is 0 Å². The molecule has 7 heteroatoms. The zero-order valence-corrected chi connectivity index (χ0v) is 15.1. The molecule has 0 aliphatic heterocycles. The van der Waals surface area contributed by atoms with Crippen LogP contribution in [0, 0.1) is 0 Å². The van der Waals surface area contributed by atoms with E-state index < -0.39 is 22.1 Å². The molecule has 1 aliphatic carbocycles. The van der Waals surface area contributed by atoms with E-state index in [1.54, 1.807) is 6.07 Å². The molecule has 26 heavy (non-hydrogen) atoms. The van der Waals surface area contributed by atoms with Crippen molar-refractivity contribution in [3.63, 3.8) is 0 Å². The Morgan fingerprint density at radius 3 is 2.27 bits per heavy atom. The minimum absolute atomic E-state index is 0.101. The number of fused-ring (bicyclic) bond motifs is 1. The van der Waals surface area contributed by atoms with Crippen molar-refractivity contribution in [2.45, 2.75) is 37.2 Å². The van der Waals surface area contributed by atoms with Gasteiger partial charge in [-0.15, -0.1) is 0 Å². The zero-order valence-electron chi connectivity index (χ0n) is 14.3. The Bertz CT molecular complexity index is 964. The van der Waals surface area contributed by atoms with Crippen molar-refractivity contribution in [2.75, 3.05) is 0 Å². The molecule has 136 valence electrons. The molecule has 0 aromatic heterocycles. The number of hydrogen-bond donors (Lipinski definition) is 1. The Kier molecular flexibility index (Phi) is 4.93. The summed E-state index contributed by atoms with van der Waals surface area (Å²) < 4.78 is 27.7. The first-order chi connectivity index (χ1) is 12.3. The van der Waals surface area contributed by atoms with Gasteiger partial charge in [0, 0.05) is 5.56 Å². The highest BCUT2D eigenvalue weighted by Crippen LogP contribution is 2.23. The van der Waals surface area contributed by atoms with Gasteiger partial charge in [-0.05, 0) is 67.6 Å². The minimum atomic E-state index is -3.83. The molecule has 0 saturated carbocycles. The average molecular weight is 373 g/mol. The Morgan fingerprint density at radius 1 is 1.00 bits per heavy atom. The highest BCUT2D eigenvalue weighted by atomic mass is 32.2. The van der Waals surface area contributed by atoms with Crippen LogP contribution in [0.3, 0.4) is 0 Å². The van der Waals surface area contributed by atoms with Crippen molar-refractivity contribution in [1.29, 1.82) is 0 Å². The van der Waals surface area contributed by atoms with E-state index in [0.717, 1.165) is 19.3 Å². The monoisotopic (exact) mass is 373 g/mol. The molecule has 0 unspecified atom stereocenters. The number of esters is 1. The van der Waals surface area contributed by atoms with Gasteiger partial charge < -0.3 is 4.74 Å². The topological polar surface area (TPSA) is 104 Å². The average Bonchev–Trinajstić information content (AvgIpc) is 3.08. The largest absolute Gasteiger partial charge is 0.451 e. The molecular weight excluding hydrogens is 354 g/mol. The molecule has 1 aliphatic rings. The van der Waals surface area contributed by atoms with E-state index in [1.807, 2.05) is 12.1 Å². The van der Waals surface area contributed by atoms with E-state index in [2.05, 4.69) is 0 Å². The first kappa shape index (κ1) is 18.3. The minimum Gasteiger partial charge on any atom is -0.451 e. The predicted octanol–water partition coefficient (Wildman–Crippen LogP) is 2.25. The Balaban J connectivity index is 1.69. The summed E-state index contributed by atoms with van der Waals surface area (Å²) in [6.45, 7) is 1.52. The van der Waals surface area contributed by atoms with E-state index in [0.29, 0.717) is 5.56 Å². The lowest BCUT2D eigenvalue weighted by Gasteiger charge is -2.13. The maximum atomic E-state index is 12.5.